The fourth-order valence-corrected chi connectivity index (χ4v) is 1.41. The lowest BCUT2D eigenvalue weighted by Crippen LogP contribution is -2.11. The van der Waals surface area contributed by atoms with Crippen LogP contribution in [-0.2, 0) is 6.42 Å². The van der Waals surface area contributed by atoms with E-state index in [2.05, 4.69) is 10.1 Å². The van der Waals surface area contributed by atoms with Gasteiger partial charge in [-0.05, 0) is 25.5 Å². The number of aromatic amines is 1. The number of nitrogens with zero attached hydrogens (tertiary/aromatic N) is 2. The van der Waals surface area contributed by atoms with Crippen LogP contribution in [0.15, 0.2) is 23.1 Å². The van der Waals surface area contributed by atoms with E-state index in [-0.39, 0.29) is 5.56 Å². The number of fused-ring (bicyclic) bond motifs is 1. The standard InChI is InChI=1S/C9H12N4O/c10-5-1-2-7-6-11-8-3-4-9(14)12-13(7)8/h3-4,6H,1-2,5,10H2,(H,12,14). The normalized spacial score (nSPS) is 10.9. The molecule has 2 rings (SSSR count). The summed E-state index contributed by atoms with van der Waals surface area (Å²) in [5.74, 6) is 0. The molecule has 0 aliphatic heterocycles. The van der Waals surface area contributed by atoms with Crippen molar-refractivity contribution in [2.24, 2.45) is 5.73 Å². The van der Waals surface area contributed by atoms with E-state index in [1.54, 1.807) is 16.8 Å². The summed E-state index contributed by atoms with van der Waals surface area (Å²) in [6.07, 6.45) is 3.49. The summed E-state index contributed by atoms with van der Waals surface area (Å²) in [6, 6.07) is 3.17. The van der Waals surface area contributed by atoms with Crippen molar-refractivity contribution in [2.45, 2.75) is 12.8 Å². The van der Waals surface area contributed by atoms with Crippen molar-refractivity contribution in [2.75, 3.05) is 6.54 Å². The molecule has 0 radical (unpaired) electrons. The average molecular weight is 192 g/mol. The van der Waals surface area contributed by atoms with Crippen LogP contribution >= 0.6 is 0 Å². The first kappa shape index (κ1) is 8.96. The first-order chi connectivity index (χ1) is 6.81. The number of aryl methyl sites for hydroxylation is 1. The van der Waals surface area contributed by atoms with Crippen LogP contribution < -0.4 is 11.3 Å². The molecule has 0 aromatic carbocycles. The molecule has 2 aromatic heterocycles. The van der Waals surface area contributed by atoms with Crippen LogP contribution in [0.2, 0.25) is 0 Å². The van der Waals surface area contributed by atoms with E-state index < -0.39 is 0 Å². The molecule has 0 aliphatic carbocycles. The van der Waals surface area contributed by atoms with Crippen molar-refractivity contribution in [1.82, 2.24) is 14.6 Å². The highest BCUT2D eigenvalue weighted by molar-refractivity contribution is 5.37. The van der Waals surface area contributed by atoms with Gasteiger partial charge in [0.15, 0.2) is 5.65 Å². The molecule has 0 atom stereocenters. The Morgan fingerprint density at radius 1 is 1.50 bits per heavy atom. The predicted octanol–water partition coefficient (Wildman–Crippen LogP) is -0.0861. The zero-order valence-electron chi connectivity index (χ0n) is 7.73. The van der Waals surface area contributed by atoms with E-state index in [0.717, 1.165) is 24.2 Å². The fourth-order valence-electron chi connectivity index (χ4n) is 1.41. The number of imidazole rings is 1. The molecule has 2 aromatic rings. The van der Waals surface area contributed by atoms with Crippen molar-refractivity contribution in [3.8, 4) is 0 Å². The predicted molar refractivity (Wildman–Crippen MR) is 53.2 cm³/mol. The first-order valence-electron chi connectivity index (χ1n) is 4.57. The lowest BCUT2D eigenvalue weighted by atomic mass is 10.2. The van der Waals surface area contributed by atoms with Gasteiger partial charge in [0.2, 0.25) is 0 Å². The van der Waals surface area contributed by atoms with E-state index in [1.807, 2.05) is 0 Å². The highest BCUT2D eigenvalue weighted by atomic mass is 16.1. The maximum atomic E-state index is 11.1. The third-order valence-electron chi connectivity index (χ3n) is 2.10. The molecule has 0 amide bonds. The number of H-pyrrole nitrogens is 1. The van der Waals surface area contributed by atoms with Crippen molar-refractivity contribution in [1.29, 1.82) is 0 Å². The molecular formula is C9H12N4O. The van der Waals surface area contributed by atoms with Gasteiger partial charge in [-0.15, -0.1) is 0 Å². The van der Waals surface area contributed by atoms with E-state index in [4.69, 9.17) is 5.73 Å². The number of hydrogen-bond acceptors (Lipinski definition) is 3. The zero-order chi connectivity index (χ0) is 9.97. The molecule has 0 unspecified atom stereocenters. The third kappa shape index (κ3) is 1.54. The van der Waals surface area contributed by atoms with E-state index >= 15 is 0 Å². The van der Waals surface area contributed by atoms with Crippen LogP contribution in [-0.4, -0.2) is 21.1 Å². The monoisotopic (exact) mass is 192 g/mol. The van der Waals surface area contributed by atoms with E-state index in [9.17, 15) is 4.79 Å². The van der Waals surface area contributed by atoms with E-state index in [0.29, 0.717) is 6.54 Å². The lowest BCUT2D eigenvalue weighted by Gasteiger charge is -1.98. The van der Waals surface area contributed by atoms with Gasteiger partial charge in [-0.1, -0.05) is 0 Å². The quantitative estimate of drug-likeness (QED) is 0.713. The summed E-state index contributed by atoms with van der Waals surface area (Å²) in [4.78, 5) is 15.2. The van der Waals surface area contributed by atoms with Crippen LogP contribution in [0, 0.1) is 0 Å². The summed E-state index contributed by atoms with van der Waals surface area (Å²) in [7, 11) is 0. The minimum Gasteiger partial charge on any atom is -0.330 e. The van der Waals surface area contributed by atoms with Gasteiger partial charge in [-0.25, -0.2) is 9.50 Å². The molecule has 74 valence electrons. The molecule has 0 saturated carbocycles. The van der Waals surface area contributed by atoms with Crippen LogP contribution in [0.25, 0.3) is 5.65 Å². The maximum absolute atomic E-state index is 11.1. The SMILES string of the molecule is NCCCc1cnc2ccc(=O)[nH]n12. The van der Waals surface area contributed by atoms with Crippen LogP contribution in [0.4, 0.5) is 0 Å². The van der Waals surface area contributed by atoms with Crippen molar-refractivity contribution < 1.29 is 0 Å². The van der Waals surface area contributed by atoms with Gasteiger partial charge < -0.3 is 5.73 Å². The molecule has 0 bridgehead atoms. The summed E-state index contributed by atoms with van der Waals surface area (Å²) in [5.41, 5.74) is 7.05. The topological polar surface area (TPSA) is 76.2 Å². The Bertz CT molecular complexity index is 485. The molecular weight excluding hydrogens is 180 g/mol. The third-order valence-corrected chi connectivity index (χ3v) is 2.10. The van der Waals surface area contributed by atoms with Crippen LogP contribution in [0.1, 0.15) is 12.1 Å². The summed E-state index contributed by atoms with van der Waals surface area (Å²) in [6.45, 7) is 0.643. The van der Waals surface area contributed by atoms with Crippen molar-refractivity contribution in [3.05, 3.63) is 34.4 Å². The minimum atomic E-state index is -0.121. The Hall–Kier alpha value is -1.62. The number of hydrogen-bond donors (Lipinski definition) is 2. The van der Waals surface area contributed by atoms with Gasteiger partial charge >= 0.3 is 0 Å². The second-order valence-electron chi connectivity index (χ2n) is 3.14. The Morgan fingerprint density at radius 2 is 2.36 bits per heavy atom. The second-order valence-corrected chi connectivity index (χ2v) is 3.14. The van der Waals surface area contributed by atoms with Gasteiger partial charge in [-0.2, -0.15) is 0 Å². The largest absolute Gasteiger partial charge is 0.330 e. The highest BCUT2D eigenvalue weighted by Crippen LogP contribution is 2.04. The molecule has 0 fully saturated rings. The Labute approximate surface area is 80.6 Å². The number of aromatic nitrogens is 3. The van der Waals surface area contributed by atoms with Gasteiger partial charge in [0.05, 0.1) is 11.9 Å². The summed E-state index contributed by atoms with van der Waals surface area (Å²) < 4.78 is 1.71. The Morgan fingerprint density at radius 3 is 3.14 bits per heavy atom. The number of rotatable bonds is 3. The minimum absolute atomic E-state index is 0.121. The second kappa shape index (κ2) is 3.63. The number of nitrogens with two attached hydrogens (primary N) is 1. The fraction of sp³-hybridized carbons (Fsp3) is 0.333. The van der Waals surface area contributed by atoms with Crippen molar-refractivity contribution >= 4 is 5.65 Å². The molecule has 5 nitrogen and oxygen atoms in total. The van der Waals surface area contributed by atoms with Gasteiger partial charge in [0.25, 0.3) is 5.56 Å². The molecule has 0 spiro atoms. The summed E-state index contributed by atoms with van der Waals surface area (Å²) >= 11 is 0. The highest BCUT2D eigenvalue weighted by Gasteiger charge is 2.02. The van der Waals surface area contributed by atoms with Gasteiger partial charge in [0.1, 0.15) is 0 Å². The molecule has 2 heterocycles. The summed E-state index contributed by atoms with van der Waals surface area (Å²) in [5, 5.41) is 2.70. The maximum Gasteiger partial charge on any atom is 0.262 e. The molecule has 5 heteroatoms. The van der Waals surface area contributed by atoms with Crippen molar-refractivity contribution in [3.63, 3.8) is 0 Å². The molecule has 0 aliphatic rings. The molecule has 0 saturated heterocycles. The average Bonchev–Trinajstić information content (AvgIpc) is 2.57. The zero-order valence-corrected chi connectivity index (χ0v) is 7.73. The number of nitrogens with one attached hydrogen (secondary N) is 1. The first-order valence-corrected chi connectivity index (χ1v) is 4.57. The van der Waals surface area contributed by atoms with Gasteiger partial charge in [-0.3, -0.25) is 9.89 Å². The van der Waals surface area contributed by atoms with E-state index in [1.165, 1.54) is 6.07 Å². The Kier molecular flexibility index (Phi) is 2.32. The lowest BCUT2D eigenvalue weighted by molar-refractivity contribution is 0.762. The molecule has 14 heavy (non-hydrogen) atoms. The van der Waals surface area contributed by atoms with Crippen LogP contribution in [0.3, 0.4) is 0 Å². The van der Waals surface area contributed by atoms with Crippen LogP contribution in [0.5, 0.6) is 0 Å². The Balaban J connectivity index is 2.45. The van der Waals surface area contributed by atoms with Gasteiger partial charge in [0, 0.05) is 6.07 Å². The smallest absolute Gasteiger partial charge is 0.262 e. The molecule has 3 N–H and O–H groups in total.